The number of anilines is 1. The van der Waals surface area contributed by atoms with Gasteiger partial charge in [-0.25, -0.2) is 4.39 Å². The number of fused-ring (bicyclic) bond motifs is 1. The van der Waals surface area contributed by atoms with Gasteiger partial charge in [-0.2, -0.15) is 0 Å². The normalized spacial score (nSPS) is 10.7. The molecule has 0 spiro atoms. The van der Waals surface area contributed by atoms with E-state index in [4.69, 9.17) is 21.6 Å². The molecule has 0 saturated heterocycles. The summed E-state index contributed by atoms with van der Waals surface area (Å²) in [6, 6.07) is 7.57. The van der Waals surface area contributed by atoms with Crippen molar-refractivity contribution in [3.05, 3.63) is 47.2 Å². The topological polar surface area (TPSA) is 98.0 Å². The van der Waals surface area contributed by atoms with E-state index in [1.54, 1.807) is 24.4 Å². The molecule has 0 aliphatic rings. The Kier molecular flexibility index (Phi) is 3.19. The number of ether oxygens (including phenoxy) is 1. The second kappa shape index (κ2) is 5.02. The summed E-state index contributed by atoms with van der Waals surface area (Å²) in [7, 11) is 0. The van der Waals surface area contributed by atoms with Crippen LogP contribution >= 0.6 is 11.3 Å². The van der Waals surface area contributed by atoms with Crippen LogP contribution in [0.25, 0.3) is 10.2 Å². The largest absolute Gasteiger partial charge is 0.453 e. The van der Waals surface area contributed by atoms with Gasteiger partial charge in [-0.05, 0) is 18.2 Å². The third-order valence-corrected chi connectivity index (χ3v) is 3.99. The Hall–Kier alpha value is -2.67. The number of hydrogen-bond donors (Lipinski definition) is 3. The van der Waals surface area contributed by atoms with E-state index in [-0.39, 0.29) is 11.6 Å². The monoisotopic (exact) mass is 302 g/mol. The molecule has 0 aliphatic carbocycles. The molecule has 106 valence electrons. The van der Waals surface area contributed by atoms with Gasteiger partial charge in [-0.3, -0.25) is 10.4 Å². The van der Waals surface area contributed by atoms with Crippen LogP contribution in [0.2, 0.25) is 0 Å². The van der Waals surface area contributed by atoms with Gasteiger partial charge in [0.2, 0.25) is 0 Å². The molecule has 0 saturated carbocycles. The van der Waals surface area contributed by atoms with Crippen LogP contribution < -0.4 is 16.2 Å². The molecule has 3 rings (SSSR count). The zero-order valence-electron chi connectivity index (χ0n) is 10.8. The van der Waals surface area contributed by atoms with Crippen molar-refractivity contribution in [1.82, 2.24) is 4.98 Å². The van der Waals surface area contributed by atoms with E-state index >= 15 is 0 Å². The highest BCUT2D eigenvalue weighted by Crippen LogP contribution is 2.35. The molecule has 1 aromatic carbocycles. The number of nitrogens with two attached hydrogens (primary N) is 2. The number of nitrogen functional groups attached to an aromatic ring is 2. The first-order valence-corrected chi connectivity index (χ1v) is 6.82. The van der Waals surface area contributed by atoms with E-state index in [9.17, 15) is 4.39 Å². The fourth-order valence-electron chi connectivity index (χ4n) is 1.85. The lowest BCUT2D eigenvalue weighted by atomic mass is 10.3. The van der Waals surface area contributed by atoms with E-state index in [1.165, 1.54) is 23.5 Å². The Morgan fingerprint density at radius 2 is 2.05 bits per heavy atom. The van der Waals surface area contributed by atoms with Gasteiger partial charge in [0.1, 0.15) is 11.6 Å². The van der Waals surface area contributed by atoms with Crippen LogP contribution in [-0.4, -0.2) is 10.8 Å². The molecule has 2 aromatic heterocycles. The molecule has 0 aliphatic heterocycles. The Bertz CT molecular complexity index is 846. The predicted octanol–water partition coefficient (Wildman–Crippen LogP) is 3.09. The second-order valence-electron chi connectivity index (χ2n) is 4.34. The van der Waals surface area contributed by atoms with Crippen LogP contribution in [0.3, 0.4) is 0 Å². The minimum absolute atomic E-state index is 0.0392. The molecular formula is C14H11FN4OS. The van der Waals surface area contributed by atoms with Crippen LogP contribution in [-0.2, 0) is 0 Å². The average molecular weight is 302 g/mol. The maximum Gasteiger partial charge on any atom is 0.167 e. The molecule has 0 bridgehead atoms. The van der Waals surface area contributed by atoms with Crippen molar-refractivity contribution < 1.29 is 9.13 Å². The smallest absolute Gasteiger partial charge is 0.167 e. The Balaban J connectivity index is 2.06. The highest BCUT2D eigenvalue weighted by Gasteiger charge is 2.12. The van der Waals surface area contributed by atoms with E-state index in [0.717, 1.165) is 0 Å². The van der Waals surface area contributed by atoms with E-state index in [1.807, 2.05) is 0 Å². The summed E-state index contributed by atoms with van der Waals surface area (Å²) in [4.78, 5) is 4.78. The molecule has 5 nitrogen and oxygen atoms in total. The Labute approximate surface area is 123 Å². The molecule has 0 fully saturated rings. The van der Waals surface area contributed by atoms with Crippen molar-refractivity contribution in [2.24, 2.45) is 5.73 Å². The van der Waals surface area contributed by atoms with Crippen molar-refractivity contribution >= 4 is 33.1 Å². The maximum absolute atomic E-state index is 13.8. The summed E-state index contributed by atoms with van der Waals surface area (Å²) in [5, 5.41) is 7.46. The lowest BCUT2D eigenvalue weighted by molar-refractivity contribution is 0.447. The molecule has 7 heteroatoms. The molecule has 0 unspecified atom stereocenters. The maximum atomic E-state index is 13.8. The van der Waals surface area contributed by atoms with E-state index < -0.39 is 5.82 Å². The minimum Gasteiger partial charge on any atom is -0.453 e. The van der Waals surface area contributed by atoms with Crippen molar-refractivity contribution in [3.8, 4) is 11.5 Å². The van der Waals surface area contributed by atoms with E-state index in [0.29, 0.717) is 26.5 Å². The van der Waals surface area contributed by atoms with Crippen molar-refractivity contribution in [1.29, 1.82) is 5.41 Å². The number of nitrogens with zero attached hydrogens (tertiary/aromatic N) is 1. The molecule has 21 heavy (non-hydrogen) atoms. The summed E-state index contributed by atoms with van der Waals surface area (Å²) in [6.45, 7) is 0. The van der Waals surface area contributed by atoms with Gasteiger partial charge in [0.25, 0.3) is 0 Å². The van der Waals surface area contributed by atoms with Gasteiger partial charge in [0, 0.05) is 24.0 Å². The van der Waals surface area contributed by atoms with Gasteiger partial charge in [0.15, 0.2) is 11.6 Å². The van der Waals surface area contributed by atoms with E-state index in [2.05, 4.69) is 4.98 Å². The SMILES string of the molecule is N=C(N)c1cc2nccc(Oc3ccc(N)cc3F)c2s1. The zero-order valence-corrected chi connectivity index (χ0v) is 11.6. The third kappa shape index (κ3) is 2.50. The average Bonchev–Trinajstić information content (AvgIpc) is 2.87. The molecule has 0 atom stereocenters. The number of rotatable bonds is 3. The predicted molar refractivity (Wildman–Crippen MR) is 81.5 cm³/mol. The number of nitrogens with one attached hydrogen (secondary N) is 1. The molecule has 2 heterocycles. The number of benzene rings is 1. The molecule has 3 aromatic rings. The molecular weight excluding hydrogens is 291 g/mol. The first kappa shape index (κ1) is 13.3. The highest BCUT2D eigenvalue weighted by atomic mass is 32.1. The molecule has 0 radical (unpaired) electrons. The number of halogens is 1. The lowest BCUT2D eigenvalue weighted by Crippen LogP contribution is -2.08. The zero-order chi connectivity index (χ0) is 15.0. The second-order valence-corrected chi connectivity index (χ2v) is 5.39. The molecule has 0 amide bonds. The number of pyridine rings is 1. The van der Waals surface area contributed by atoms with Crippen molar-refractivity contribution in [2.45, 2.75) is 0 Å². The van der Waals surface area contributed by atoms with Crippen molar-refractivity contribution in [2.75, 3.05) is 5.73 Å². The summed E-state index contributed by atoms with van der Waals surface area (Å²) in [5.41, 5.74) is 12.0. The van der Waals surface area contributed by atoms with Gasteiger partial charge in [-0.1, -0.05) is 0 Å². The lowest BCUT2D eigenvalue weighted by Gasteiger charge is -2.07. The van der Waals surface area contributed by atoms with Crippen LogP contribution in [0, 0.1) is 11.2 Å². The van der Waals surface area contributed by atoms with Gasteiger partial charge >= 0.3 is 0 Å². The molecule has 5 N–H and O–H groups in total. The number of hydrogen-bond acceptors (Lipinski definition) is 5. The summed E-state index contributed by atoms with van der Waals surface area (Å²) >= 11 is 1.28. The Morgan fingerprint density at radius 3 is 2.76 bits per heavy atom. The third-order valence-electron chi connectivity index (χ3n) is 2.82. The Morgan fingerprint density at radius 1 is 1.24 bits per heavy atom. The number of amidine groups is 1. The summed E-state index contributed by atoms with van der Waals surface area (Å²) in [5.74, 6) is -0.0402. The number of aromatic nitrogens is 1. The van der Waals surface area contributed by atoms with Crippen LogP contribution in [0.15, 0.2) is 36.5 Å². The van der Waals surface area contributed by atoms with Crippen LogP contribution in [0.4, 0.5) is 10.1 Å². The van der Waals surface area contributed by atoms with Gasteiger partial charge in [-0.15, -0.1) is 11.3 Å². The fraction of sp³-hybridized carbons (Fsp3) is 0. The van der Waals surface area contributed by atoms with Crippen LogP contribution in [0.1, 0.15) is 4.88 Å². The van der Waals surface area contributed by atoms with Gasteiger partial charge < -0.3 is 16.2 Å². The summed E-state index contributed by atoms with van der Waals surface area (Å²) < 4.78 is 20.1. The van der Waals surface area contributed by atoms with Crippen molar-refractivity contribution in [3.63, 3.8) is 0 Å². The fourth-order valence-corrected chi connectivity index (χ4v) is 2.77. The highest BCUT2D eigenvalue weighted by molar-refractivity contribution is 7.21. The first-order chi connectivity index (χ1) is 10.0. The quantitative estimate of drug-likeness (QED) is 0.393. The minimum atomic E-state index is -0.539. The van der Waals surface area contributed by atoms with Crippen LogP contribution in [0.5, 0.6) is 11.5 Å². The first-order valence-electron chi connectivity index (χ1n) is 6.00. The van der Waals surface area contributed by atoms with Gasteiger partial charge in [0.05, 0.1) is 15.1 Å². The number of thiophene rings is 1. The summed E-state index contributed by atoms with van der Waals surface area (Å²) in [6.07, 6.45) is 1.56. The standard InChI is InChI=1S/C14H11FN4OS/c15-8-5-7(16)1-2-10(8)20-11-3-4-19-9-6-12(14(17)18)21-13(9)11/h1-6H,16H2,(H3,17,18).